The Morgan fingerprint density at radius 1 is 0.576 bits per heavy atom. The minimum absolute atomic E-state index is 0.443. The van der Waals surface area contributed by atoms with Crippen molar-refractivity contribution in [3.63, 3.8) is 0 Å². The van der Waals surface area contributed by atoms with Crippen molar-refractivity contribution < 1.29 is 22.6 Å². The second-order valence-electron chi connectivity index (χ2n) is 10.4. The Hall–Kier alpha value is -0.170. The highest BCUT2D eigenvalue weighted by atomic mass is 32.2. The number of hydrogen-bond acceptors (Lipinski definition) is 3. The number of aliphatic hydroxyl groups excluding tert-OH is 1. The predicted molar refractivity (Wildman–Crippen MR) is 142 cm³/mol. The zero-order valence-electron chi connectivity index (χ0n) is 22.4. The molecular weight excluding hydrogens is 434 g/mol. The Balaban J connectivity index is 5.06. The van der Waals surface area contributed by atoms with Crippen molar-refractivity contribution in [3.05, 3.63) is 0 Å². The van der Waals surface area contributed by atoms with Gasteiger partial charge < -0.3 is 9.59 Å². The van der Waals surface area contributed by atoms with Crippen molar-refractivity contribution in [1.29, 1.82) is 0 Å². The molecule has 0 fully saturated rings. The van der Waals surface area contributed by atoms with Crippen molar-refractivity contribution in [1.82, 2.24) is 0 Å². The van der Waals surface area contributed by atoms with Gasteiger partial charge in [0.15, 0.2) is 0 Å². The van der Waals surface area contributed by atoms with Crippen molar-refractivity contribution in [2.24, 2.45) is 0 Å². The van der Waals surface area contributed by atoms with Crippen molar-refractivity contribution >= 4 is 10.1 Å². The Labute approximate surface area is 207 Å². The molecule has 0 saturated carbocycles. The molecule has 5 nitrogen and oxygen atoms in total. The van der Waals surface area contributed by atoms with E-state index in [0.29, 0.717) is 6.54 Å². The lowest BCUT2D eigenvalue weighted by Gasteiger charge is -2.40. The minimum Gasteiger partial charge on any atom is -0.386 e. The molecule has 0 amide bonds. The minimum atomic E-state index is -4.16. The fraction of sp³-hybridized carbons (Fsp3) is 1.00. The zero-order chi connectivity index (χ0) is 24.8. The van der Waals surface area contributed by atoms with E-state index in [1.807, 2.05) is 0 Å². The van der Waals surface area contributed by atoms with Crippen LogP contribution in [0.3, 0.4) is 0 Å². The Kier molecular flexibility index (Phi) is 21.0. The van der Waals surface area contributed by atoms with Crippen molar-refractivity contribution in [3.8, 4) is 0 Å². The molecule has 0 radical (unpaired) electrons. The monoisotopic (exact) mass is 492 g/mol. The van der Waals surface area contributed by atoms with E-state index in [1.165, 1.54) is 96.3 Å². The van der Waals surface area contributed by atoms with Crippen LogP contribution in [0.25, 0.3) is 0 Å². The SMILES string of the molecule is CCCCCCCC[N+](CCCCCCCC)(CCCCCCCC)CC(O)CS(=O)(=O)O. The van der Waals surface area contributed by atoms with E-state index in [2.05, 4.69) is 20.8 Å². The van der Waals surface area contributed by atoms with Crippen LogP contribution in [0.2, 0.25) is 0 Å². The van der Waals surface area contributed by atoms with Gasteiger partial charge in [0, 0.05) is 0 Å². The molecule has 0 rings (SSSR count). The molecule has 6 heteroatoms. The van der Waals surface area contributed by atoms with Gasteiger partial charge in [-0.25, -0.2) is 0 Å². The quantitative estimate of drug-likeness (QED) is 0.0807. The zero-order valence-corrected chi connectivity index (χ0v) is 23.2. The van der Waals surface area contributed by atoms with Crippen LogP contribution in [0.4, 0.5) is 0 Å². The second kappa shape index (κ2) is 21.1. The molecular formula is C27H58NO4S+. The van der Waals surface area contributed by atoms with E-state index in [4.69, 9.17) is 0 Å². The Morgan fingerprint density at radius 3 is 1.18 bits per heavy atom. The number of nitrogens with zero attached hydrogens (tertiary/aromatic N) is 1. The fourth-order valence-corrected chi connectivity index (χ4v) is 5.63. The fourth-order valence-electron chi connectivity index (χ4n) is 5.03. The lowest BCUT2D eigenvalue weighted by atomic mass is 10.1. The number of unbranched alkanes of at least 4 members (excludes halogenated alkanes) is 15. The lowest BCUT2D eigenvalue weighted by Crippen LogP contribution is -2.55. The highest BCUT2D eigenvalue weighted by molar-refractivity contribution is 7.85. The van der Waals surface area contributed by atoms with Gasteiger partial charge >= 0.3 is 0 Å². The van der Waals surface area contributed by atoms with Crippen molar-refractivity contribution in [2.45, 2.75) is 142 Å². The van der Waals surface area contributed by atoms with E-state index in [-0.39, 0.29) is 0 Å². The molecule has 0 bridgehead atoms. The third kappa shape index (κ3) is 20.9. The maximum atomic E-state index is 11.4. The van der Waals surface area contributed by atoms with Crippen LogP contribution in [0.1, 0.15) is 136 Å². The molecule has 0 aliphatic heterocycles. The first-order valence-corrected chi connectivity index (χ1v) is 15.9. The molecule has 0 aliphatic rings. The van der Waals surface area contributed by atoms with E-state index in [0.717, 1.165) is 43.4 Å². The summed E-state index contributed by atoms with van der Waals surface area (Å²) in [5.74, 6) is -0.545. The first-order valence-electron chi connectivity index (χ1n) is 14.3. The average molecular weight is 493 g/mol. The van der Waals surface area contributed by atoms with E-state index in [9.17, 15) is 18.1 Å². The summed E-state index contributed by atoms with van der Waals surface area (Å²) >= 11 is 0. The molecule has 0 aromatic heterocycles. The number of rotatable bonds is 25. The van der Waals surface area contributed by atoms with E-state index in [1.54, 1.807) is 0 Å². The van der Waals surface area contributed by atoms with E-state index >= 15 is 0 Å². The van der Waals surface area contributed by atoms with Gasteiger partial charge in [0.05, 0.1) is 19.6 Å². The van der Waals surface area contributed by atoms with Gasteiger partial charge in [-0.1, -0.05) is 97.8 Å². The summed E-state index contributed by atoms with van der Waals surface area (Å²) in [6.07, 6.45) is 21.3. The normalized spacial score (nSPS) is 13.5. The summed E-state index contributed by atoms with van der Waals surface area (Å²) in [6, 6.07) is 0. The molecule has 200 valence electrons. The molecule has 0 aromatic rings. The molecule has 0 aromatic carbocycles. The summed E-state index contributed by atoms with van der Waals surface area (Å²) in [6.45, 7) is 10.2. The standard InChI is InChI=1S/C27H57NO4S/c1-4-7-10-13-16-19-22-28(23-20-17-14-11-8-5-2,24-21-18-15-12-9-6-3)25-27(29)26-33(30,31)32/h27,29H,4-26H2,1-3H3/p+1. The van der Waals surface area contributed by atoms with Crippen LogP contribution in [0.15, 0.2) is 0 Å². The highest BCUT2D eigenvalue weighted by Gasteiger charge is 2.31. The maximum absolute atomic E-state index is 11.4. The molecule has 1 atom stereocenters. The molecule has 0 heterocycles. The largest absolute Gasteiger partial charge is 0.386 e. The third-order valence-corrected chi connectivity index (χ3v) is 7.77. The van der Waals surface area contributed by atoms with Gasteiger partial charge in [0.1, 0.15) is 18.4 Å². The summed E-state index contributed by atoms with van der Waals surface area (Å²) in [5.41, 5.74) is 0. The second-order valence-corrected chi connectivity index (χ2v) is 11.9. The van der Waals surface area contributed by atoms with Gasteiger partial charge in [0.2, 0.25) is 0 Å². The molecule has 0 aliphatic carbocycles. The molecule has 0 saturated heterocycles. The third-order valence-electron chi connectivity index (χ3n) is 6.96. The smallest absolute Gasteiger partial charge is 0.267 e. The topological polar surface area (TPSA) is 74.6 Å². The predicted octanol–water partition coefficient (Wildman–Crippen LogP) is 7.13. The Morgan fingerprint density at radius 2 is 0.879 bits per heavy atom. The van der Waals surface area contributed by atoms with Crippen LogP contribution in [0.5, 0.6) is 0 Å². The van der Waals surface area contributed by atoms with Crippen LogP contribution in [-0.2, 0) is 10.1 Å². The molecule has 33 heavy (non-hydrogen) atoms. The number of hydrogen-bond donors (Lipinski definition) is 2. The van der Waals surface area contributed by atoms with Gasteiger partial charge in [-0.15, -0.1) is 0 Å². The number of aliphatic hydroxyl groups is 1. The van der Waals surface area contributed by atoms with Crippen LogP contribution in [-0.4, -0.2) is 60.6 Å². The summed E-state index contributed by atoms with van der Waals surface area (Å²) in [7, 11) is -4.16. The molecule has 0 spiro atoms. The first kappa shape index (κ1) is 32.8. The lowest BCUT2D eigenvalue weighted by molar-refractivity contribution is -0.931. The molecule has 2 N–H and O–H groups in total. The van der Waals surface area contributed by atoms with Crippen LogP contribution < -0.4 is 0 Å². The van der Waals surface area contributed by atoms with Gasteiger partial charge in [0.25, 0.3) is 10.1 Å². The van der Waals surface area contributed by atoms with Crippen LogP contribution >= 0.6 is 0 Å². The first-order chi connectivity index (χ1) is 15.8. The Bertz CT molecular complexity index is 483. The summed E-state index contributed by atoms with van der Waals surface area (Å²) < 4.78 is 32.9. The van der Waals surface area contributed by atoms with Gasteiger partial charge in [-0.3, -0.25) is 4.55 Å². The summed E-state index contributed by atoms with van der Waals surface area (Å²) in [5, 5.41) is 10.6. The number of quaternary nitrogens is 1. The summed E-state index contributed by atoms with van der Waals surface area (Å²) in [4.78, 5) is 0. The van der Waals surface area contributed by atoms with Gasteiger partial charge in [-0.05, 0) is 38.5 Å². The maximum Gasteiger partial charge on any atom is 0.267 e. The van der Waals surface area contributed by atoms with Gasteiger partial charge in [-0.2, -0.15) is 8.42 Å². The average Bonchev–Trinajstić information content (AvgIpc) is 2.74. The van der Waals surface area contributed by atoms with E-state index < -0.39 is 22.0 Å². The molecule has 1 unspecified atom stereocenters. The highest BCUT2D eigenvalue weighted by Crippen LogP contribution is 2.20. The van der Waals surface area contributed by atoms with Crippen molar-refractivity contribution in [2.75, 3.05) is 31.9 Å². The van der Waals surface area contributed by atoms with Crippen LogP contribution in [0, 0.1) is 0 Å².